The second-order valence-electron chi connectivity index (χ2n) is 6.34. The van der Waals surface area contributed by atoms with E-state index in [1.165, 1.54) is 8.61 Å². The van der Waals surface area contributed by atoms with Crippen LogP contribution in [0.1, 0.15) is 18.4 Å². The Kier molecular flexibility index (Phi) is 3.29. The van der Waals surface area contributed by atoms with Crippen LogP contribution in [-0.2, 0) is 10.2 Å². The van der Waals surface area contributed by atoms with Gasteiger partial charge in [0.1, 0.15) is 0 Å². The second kappa shape index (κ2) is 5.25. The standard InChI is InChI=1S/C18H17N3O2S/c1-20-18-10-16(15-6-4-13(11-19)5-7-15)8-9-17(18)21(24(20,22)23)12-14-2-3-14/h4-10,14H,2-3,12H2,1H3. The average Bonchev–Trinajstić information content (AvgIpc) is 3.40. The van der Waals surface area contributed by atoms with Crippen LogP contribution in [0.4, 0.5) is 11.4 Å². The van der Waals surface area contributed by atoms with Crippen molar-refractivity contribution in [3.05, 3.63) is 48.0 Å². The Bertz CT molecular complexity index is 941. The van der Waals surface area contributed by atoms with E-state index in [1.54, 1.807) is 19.2 Å². The number of hydrogen-bond donors (Lipinski definition) is 0. The van der Waals surface area contributed by atoms with Gasteiger partial charge in [-0.25, -0.2) is 0 Å². The quantitative estimate of drug-likeness (QED) is 0.863. The van der Waals surface area contributed by atoms with Gasteiger partial charge in [0.2, 0.25) is 0 Å². The van der Waals surface area contributed by atoms with E-state index >= 15 is 0 Å². The van der Waals surface area contributed by atoms with Gasteiger partial charge in [0.25, 0.3) is 0 Å². The van der Waals surface area contributed by atoms with Crippen LogP contribution in [0.5, 0.6) is 0 Å². The van der Waals surface area contributed by atoms with Crippen LogP contribution < -0.4 is 8.61 Å². The number of benzene rings is 2. The number of fused-ring (bicyclic) bond motifs is 1. The number of hydrogen-bond acceptors (Lipinski definition) is 3. The predicted octanol–water partition coefficient (Wildman–Crippen LogP) is 3.14. The number of nitriles is 1. The molecule has 0 radical (unpaired) electrons. The lowest BCUT2D eigenvalue weighted by Gasteiger charge is -2.18. The van der Waals surface area contributed by atoms with Crippen molar-refractivity contribution >= 4 is 21.6 Å². The molecule has 0 unspecified atom stereocenters. The number of rotatable bonds is 3. The molecule has 0 amide bonds. The summed E-state index contributed by atoms with van der Waals surface area (Å²) in [7, 11) is -1.87. The van der Waals surface area contributed by atoms with Crippen LogP contribution in [0.2, 0.25) is 0 Å². The fourth-order valence-electron chi connectivity index (χ4n) is 3.03. The number of nitrogens with zero attached hydrogens (tertiary/aromatic N) is 3. The van der Waals surface area contributed by atoms with Gasteiger partial charge in [-0.15, -0.1) is 0 Å². The van der Waals surface area contributed by atoms with Gasteiger partial charge in [0.15, 0.2) is 0 Å². The van der Waals surface area contributed by atoms with Crippen molar-refractivity contribution in [1.29, 1.82) is 5.26 Å². The van der Waals surface area contributed by atoms with Crippen LogP contribution in [0, 0.1) is 17.2 Å². The third kappa shape index (κ3) is 2.33. The largest absolute Gasteiger partial charge is 0.326 e. The second-order valence-corrected chi connectivity index (χ2v) is 8.23. The lowest BCUT2D eigenvalue weighted by atomic mass is 10.0. The molecule has 1 aliphatic carbocycles. The fraction of sp³-hybridized carbons (Fsp3) is 0.278. The Balaban J connectivity index is 1.75. The Morgan fingerprint density at radius 3 is 2.38 bits per heavy atom. The van der Waals surface area contributed by atoms with Gasteiger partial charge in [-0.2, -0.15) is 13.7 Å². The maximum absolute atomic E-state index is 12.7. The molecule has 4 rings (SSSR count). The molecule has 0 atom stereocenters. The van der Waals surface area contributed by atoms with Crippen molar-refractivity contribution in [2.75, 3.05) is 22.2 Å². The monoisotopic (exact) mass is 339 g/mol. The van der Waals surface area contributed by atoms with Gasteiger partial charge in [-0.1, -0.05) is 18.2 Å². The van der Waals surface area contributed by atoms with E-state index in [9.17, 15) is 8.42 Å². The summed E-state index contributed by atoms with van der Waals surface area (Å²) >= 11 is 0. The van der Waals surface area contributed by atoms with Gasteiger partial charge in [0, 0.05) is 13.6 Å². The van der Waals surface area contributed by atoms with Gasteiger partial charge in [-0.3, -0.25) is 8.61 Å². The zero-order chi connectivity index (χ0) is 16.9. The molecule has 1 fully saturated rings. The lowest BCUT2D eigenvalue weighted by Crippen LogP contribution is -2.36. The molecule has 2 aromatic rings. The van der Waals surface area contributed by atoms with Crippen molar-refractivity contribution in [1.82, 2.24) is 0 Å². The summed E-state index contributed by atoms with van der Waals surface area (Å²) in [5.74, 6) is 0.484. The third-order valence-electron chi connectivity index (χ3n) is 4.68. The first kappa shape index (κ1) is 15.0. The van der Waals surface area contributed by atoms with Crippen molar-refractivity contribution in [2.45, 2.75) is 12.8 Å². The van der Waals surface area contributed by atoms with E-state index in [2.05, 4.69) is 6.07 Å². The summed E-state index contributed by atoms with van der Waals surface area (Å²) in [6, 6.07) is 15.1. The summed E-state index contributed by atoms with van der Waals surface area (Å²) in [4.78, 5) is 0. The van der Waals surface area contributed by atoms with E-state index in [4.69, 9.17) is 5.26 Å². The molecule has 122 valence electrons. The summed E-state index contributed by atoms with van der Waals surface area (Å²) < 4.78 is 28.2. The molecule has 24 heavy (non-hydrogen) atoms. The van der Waals surface area contributed by atoms with Crippen LogP contribution >= 0.6 is 0 Å². The lowest BCUT2D eigenvalue weighted by molar-refractivity contribution is 0.590. The molecule has 1 aliphatic heterocycles. The molecule has 0 spiro atoms. The minimum atomic E-state index is -3.47. The Morgan fingerprint density at radius 1 is 1.08 bits per heavy atom. The first-order valence-electron chi connectivity index (χ1n) is 7.92. The summed E-state index contributed by atoms with van der Waals surface area (Å²) in [5, 5.41) is 8.90. The fourth-order valence-corrected chi connectivity index (χ4v) is 4.52. The Labute approximate surface area is 141 Å². The molecule has 1 heterocycles. The first-order valence-corrected chi connectivity index (χ1v) is 9.31. The van der Waals surface area contributed by atoms with Crippen molar-refractivity contribution in [3.8, 4) is 17.2 Å². The highest BCUT2D eigenvalue weighted by Crippen LogP contribution is 2.44. The zero-order valence-electron chi connectivity index (χ0n) is 13.3. The molecule has 6 heteroatoms. The average molecular weight is 339 g/mol. The molecule has 5 nitrogen and oxygen atoms in total. The van der Waals surface area contributed by atoms with Crippen LogP contribution in [-0.4, -0.2) is 22.0 Å². The third-order valence-corrected chi connectivity index (χ3v) is 6.47. The summed E-state index contributed by atoms with van der Waals surface area (Å²) in [5.41, 5.74) is 3.96. The van der Waals surface area contributed by atoms with Gasteiger partial charge in [0.05, 0.1) is 23.0 Å². The topological polar surface area (TPSA) is 64.4 Å². The van der Waals surface area contributed by atoms with Crippen LogP contribution in [0.25, 0.3) is 11.1 Å². The predicted molar refractivity (Wildman–Crippen MR) is 94.0 cm³/mol. The molecule has 0 N–H and O–H groups in total. The minimum Gasteiger partial charge on any atom is -0.254 e. The maximum atomic E-state index is 12.7. The Hall–Kier alpha value is -2.52. The van der Waals surface area contributed by atoms with E-state index in [1.807, 2.05) is 30.3 Å². The summed E-state index contributed by atoms with van der Waals surface area (Å²) in [6.45, 7) is 0.565. The van der Waals surface area contributed by atoms with Crippen molar-refractivity contribution in [2.24, 2.45) is 5.92 Å². The van der Waals surface area contributed by atoms with E-state index in [-0.39, 0.29) is 0 Å². The van der Waals surface area contributed by atoms with E-state index < -0.39 is 10.2 Å². The van der Waals surface area contributed by atoms with Crippen LogP contribution in [0.3, 0.4) is 0 Å². The highest BCUT2D eigenvalue weighted by molar-refractivity contribution is 7.94. The molecule has 0 saturated heterocycles. The number of anilines is 2. The summed E-state index contributed by atoms with van der Waals surface area (Å²) in [6.07, 6.45) is 2.21. The molecule has 1 saturated carbocycles. The van der Waals surface area contributed by atoms with Crippen molar-refractivity contribution in [3.63, 3.8) is 0 Å². The highest BCUT2D eigenvalue weighted by Gasteiger charge is 2.40. The van der Waals surface area contributed by atoms with Crippen LogP contribution in [0.15, 0.2) is 42.5 Å². The first-order chi connectivity index (χ1) is 11.5. The Morgan fingerprint density at radius 2 is 1.75 bits per heavy atom. The molecular weight excluding hydrogens is 322 g/mol. The molecular formula is C18H17N3O2S. The van der Waals surface area contributed by atoms with Gasteiger partial charge in [-0.05, 0) is 54.2 Å². The van der Waals surface area contributed by atoms with E-state index in [0.29, 0.717) is 23.7 Å². The molecule has 0 bridgehead atoms. The van der Waals surface area contributed by atoms with E-state index in [0.717, 1.165) is 29.7 Å². The molecule has 0 aromatic heterocycles. The van der Waals surface area contributed by atoms with Gasteiger partial charge < -0.3 is 0 Å². The van der Waals surface area contributed by atoms with Crippen molar-refractivity contribution < 1.29 is 8.42 Å². The molecule has 2 aliphatic rings. The normalized spacial score (nSPS) is 18.3. The maximum Gasteiger partial charge on any atom is 0.326 e. The zero-order valence-corrected chi connectivity index (χ0v) is 14.1. The SMILES string of the molecule is CN1c2cc(-c3ccc(C#N)cc3)ccc2N(CC2CC2)S1(=O)=O. The minimum absolute atomic E-state index is 0.484. The molecule has 2 aromatic carbocycles. The smallest absolute Gasteiger partial charge is 0.254 e. The van der Waals surface area contributed by atoms with Gasteiger partial charge >= 0.3 is 10.2 Å². The highest BCUT2D eigenvalue weighted by atomic mass is 32.2.